The molecule has 2 aliphatic rings. The lowest BCUT2D eigenvalue weighted by atomic mass is 9.72. The van der Waals surface area contributed by atoms with Crippen LogP contribution in [0.4, 0.5) is 0 Å². The SMILES string of the molecule is COc1ccc(C2CCC2)c(C2CCC(CO)CC2)c1. The van der Waals surface area contributed by atoms with Gasteiger partial charge in [-0.05, 0) is 79.5 Å². The minimum atomic E-state index is 0.361. The predicted molar refractivity (Wildman–Crippen MR) is 81.4 cm³/mol. The van der Waals surface area contributed by atoms with E-state index in [-0.39, 0.29) is 0 Å². The third-order valence-electron chi connectivity index (χ3n) is 5.38. The van der Waals surface area contributed by atoms with Gasteiger partial charge in [-0.2, -0.15) is 0 Å². The molecule has 2 heteroatoms. The summed E-state index contributed by atoms with van der Waals surface area (Å²) >= 11 is 0. The molecule has 20 heavy (non-hydrogen) atoms. The topological polar surface area (TPSA) is 29.5 Å². The maximum Gasteiger partial charge on any atom is 0.119 e. The molecule has 2 aliphatic carbocycles. The highest BCUT2D eigenvalue weighted by Gasteiger charge is 2.28. The van der Waals surface area contributed by atoms with E-state index in [9.17, 15) is 5.11 Å². The summed E-state index contributed by atoms with van der Waals surface area (Å²) in [5.74, 6) is 2.98. The molecule has 0 unspecified atom stereocenters. The molecule has 110 valence electrons. The average molecular weight is 274 g/mol. The van der Waals surface area contributed by atoms with E-state index < -0.39 is 0 Å². The molecule has 0 atom stereocenters. The van der Waals surface area contributed by atoms with Crippen molar-refractivity contribution in [1.29, 1.82) is 0 Å². The monoisotopic (exact) mass is 274 g/mol. The maximum atomic E-state index is 9.30. The van der Waals surface area contributed by atoms with Gasteiger partial charge in [0.2, 0.25) is 0 Å². The average Bonchev–Trinajstić information content (AvgIpc) is 2.46. The number of methoxy groups -OCH3 is 1. The standard InChI is InChI=1S/C18H26O2/c1-20-16-9-10-17(14-3-2-4-14)18(11-16)15-7-5-13(12-19)6-8-15/h9-11,13-15,19H,2-8,12H2,1H3. The summed E-state index contributed by atoms with van der Waals surface area (Å²) < 4.78 is 5.43. The van der Waals surface area contributed by atoms with Gasteiger partial charge in [-0.3, -0.25) is 0 Å². The van der Waals surface area contributed by atoms with E-state index in [4.69, 9.17) is 4.74 Å². The molecule has 0 aromatic heterocycles. The Morgan fingerprint density at radius 3 is 2.25 bits per heavy atom. The summed E-state index contributed by atoms with van der Waals surface area (Å²) in [5, 5.41) is 9.30. The first-order valence-corrected chi connectivity index (χ1v) is 8.10. The lowest BCUT2D eigenvalue weighted by Crippen LogP contribution is -2.19. The fourth-order valence-corrected chi connectivity index (χ4v) is 3.78. The van der Waals surface area contributed by atoms with E-state index in [1.54, 1.807) is 12.7 Å². The van der Waals surface area contributed by atoms with Gasteiger partial charge in [0.05, 0.1) is 7.11 Å². The van der Waals surface area contributed by atoms with Crippen LogP contribution in [-0.2, 0) is 0 Å². The molecule has 0 aliphatic heterocycles. The second-order valence-corrected chi connectivity index (χ2v) is 6.52. The fraction of sp³-hybridized carbons (Fsp3) is 0.667. The second-order valence-electron chi connectivity index (χ2n) is 6.52. The molecule has 1 aromatic carbocycles. The van der Waals surface area contributed by atoms with Crippen molar-refractivity contribution in [2.75, 3.05) is 13.7 Å². The Kier molecular flexibility index (Phi) is 4.30. The fourth-order valence-electron chi connectivity index (χ4n) is 3.78. The van der Waals surface area contributed by atoms with Crippen molar-refractivity contribution < 1.29 is 9.84 Å². The number of aliphatic hydroxyl groups is 1. The maximum absolute atomic E-state index is 9.30. The van der Waals surface area contributed by atoms with Crippen LogP contribution >= 0.6 is 0 Å². The molecule has 3 rings (SSSR count). The Bertz CT molecular complexity index is 443. The van der Waals surface area contributed by atoms with E-state index in [0.717, 1.165) is 11.7 Å². The van der Waals surface area contributed by atoms with Gasteiger partial charge < -0.3 is 9.84 Å². The Labute approximate surface area is 122 Å². The molecular formula is C18H26O2. The van der Waals surface area contributed by atoms with Crippen LogP contribution < -0.4 is 4.74 Å². The van der Waals surface area contributed by atoms with E-state index in [1.807, 2.05) is 0 Å². The first-order valence-electron chi connectivity index (χ1n) is 8.10. The Morgan fingerprint density at radius 1 is 1.00 bits per heavy atom. The number of ether oxygens (including phenoxy) is 1. The quantitative estimate of drug-likeness (QED) is 0.890. The Balaban J connectivity index is 1.82. The zero-order chi connectivity index (χ0) is 13.9. The smallest absolute Gasteiger partial charge is 0.119 e. The molecule has 0 saturated heterocycles. The molecule has 0 amide bonds. The van der Waals surface area contributed by atoms with Gasteiger partial charge in [0.1, 0.15) is 5.75 Å². The van der Waals surface area contributed by atoms with Crippen molar-refractivity contribution in [3.63, 3.8) is 0 Å². The highest BCUT2D eigenvalue weighted by Crippen LogP contribution is 2.44. The van der Waals surface area contributed by atoms with Crippen LogP contribution in [-0.4, -0.2) is 18.8 Å². The zero-order valence-electron chi connectivity index (χ0n) is 12.5. The third kappa shape index (κ3) is 2.71. The molecule has 0 heterocycles. The van der Waals surface area contributed by atoms with Gasteiger partial charge in [-0.15, -0.1) is 0 Å². The summed E-state index contributed by atoms with van der Waals surface area (Å²) in [6, 6.07) is 6.70. The Hall–Kier alpha value is -1.02. The lowest BCUT2D eigenvalue weighted by molar-refractivity contribution is 0.182. The van der Waals surface area contributed by atoms with Gasteiger partial charge in [0.15, 0.2) is 0 Å². The van der Waals surface area contributed by atoms with Crippen LogP contribution in [0.15, 0.2) is 18.2 Å². The number of rotatable bonds is 4. The largest absolute Gasteiger partial charge is 0.497 e. The number of hydrogen-bond acceptors (Lipinski definition) is 2. The number of aliphatic hydroxyl groups excluding tert-OH is 1. The summed E-state index contributed by atoms with van der Waals surface area (Å²) in [6.45, 7) is 0.361. The highest BCUT2D eigenvalue weighted by molar-refractivity contribution is 5.41. The molecule has 2 saturated carbocycles. The highest BCUT2D eigenvalue weighted by atomic mass is 16.5. The summed E-state index contributed by atoms with van der Waals surface area (Å²) in [5.41, 5.74) is 3.11. The van der Waals surface area contributed by atoms with E-state index >= 15 is 0 Å². The van der Waals surface area contributed by atoms with E-state index in [0.29, 0.717) is 18.4 Å². The number of benzene rings is 1. The summed E-state index contributed by atoms with van der Waals surface area (Å²) in [4.78, 5) is 0. The van der Waals surface area contributed by atoms with Crippen LogP contribution in [0.5, 0.6) is 5.75 Å². The van der Waals surface area contributed by atoms with Crippen molar-refractivity contribution in [1.82, 2.24) is 0 Å². The van der Waals surface area contributed by atoms with Crippen LogP contribution in [0.3, 0.4) is 0 Å². The van der Waals surface area contributed by atoms with Crippen LogP contribution in [0.25, 0.3) is 0 Å². The van der Waals surface area contributed by atoms with E-state index in [1.165, 1.54) is 50.5 Å². The van der Waals surface area contributed by atoms with Gasteiger partial charge >= 0.3 is 0 Å². The normalized spacial score (nSPS) is 27.1. The molecule has 2 nitrogen and oxygen atoms in total. The van der Waals surface area contributed by atoms with Crippen molar-refractivity contribution in [3.05, 3.63) is 29.3 Å². The van der Waals surface area contributed by atoms with Crippen molar-refractivity contribution in [2.24, 2.45) is 5.92 Å². The predicted octanol–water partition coefficient (Wildman–Crippen LogP) is 4.23. The second kappa shape index (κ2) is 6.17. The van der Waals surface area contributed by atoms with Gasteiger partial charge in [0, 0.05) is 6.61 Å². The zero-order valence-corrected chi connectivity index (χ0v) is 12.5. The van der Waals surface area contributed by atoms with E-state index in [2.05, 4.69) is 18.2 Å². The molecule has 0 bridgehead atoms. The molecule has 0 spiro atoms. The minimum absolute atomic E-state index is 0.361. The van der Waals surface area contributed by atoms with Crippen LogP contribution in [0, 0.1) is 5.92 Å². The molecule has 1 N–H and O–H groups in total. The minimum Gasteiger partial charge on any atom is -0.497 e. The van der Waals surface area contributed by atoms with Crippen LogP contribution in [0.1, 0.15) is 67.9 Å². The summed E-state index contributed by atoms with van der Waals surface area (Å²) in [7, 11) is 1.75. The van der Waals surface area contributed by atoms with Crippen molar-refractivity contribution in [3.8, 4) is 5.75 Å². The Morgan fingerprint density at radius 2 is 1.70 bits per heavy atom. The molecule has 0 radical (unpaired) electrons. The van der Waals surface area contributed by atoms with Crippen LogP contribution in [0.2, 0.25) is 0 Å². The van der Waals surface area contributed by atoms with Crippen molar-refractivity contribution >= 4 is 0 Å². The first kappa shape index (κ1) is 13.9. The first-order chi connectivity index (χ1) is 9.81. The molecule has 2 fully saturated rings. The van der Waals surface area contributed by atoms with Gasteiger partial charge in [0.25, 0.3) is 0 Å². The number of hydrogen-bond donors (Lipinski definition) is 1. The molecule has 1 aromatic rings. The van der Waals surface area contributed by atoms with Gasteiger partial charge in [-0.25, -0.2) is 0 Å². The van der Waals surface area contributed by atoms with Gasteiger partial charge in [-0.1, -0.05) is 12.5 Å². The summed E-state index contributed by atoms with van der Waals surface area (Å²) in [6.07, 6.45) is 8.87. The van der Waals surface area contributed by atoms with Crippen molar-refractivity contribution in [2.45, 2.75) is 56.8 Å². The third-order valence-corrected chi connectivity index (χ3v) is 5.38. The molecular weight excluding hydrogens is 248 g/mol. The lowest BCUT2D eigenvalue weighted by Gasteiger charge is -2.33.